The molecule has 7 heavy (non-hydrogen) atoms. The molecule has 0 aliphatic rings. The second kappa shape index (κ2) is 3.21. The summed E-state index contributed by atoms with van der Waals surface area (Å²) in [4.78, 5) is 1.13. The first-order valence-electron chi connectivity index (χ1n) is 1.75. The van der Waals surface area contributed by atoms with Crippen molar-refractivity contribution in [3.63, 3.8) is 0 Å². The molecule has 0 aliphatic carbocycles. The van der Waals surface area contributed by atoms with E-state index in [4.69, 9.17) is 0 Å². The van der Waals surface area contributed by atoms with Crippen molar-refractivity contribution in [2.75, 3.05) is 0 Å². The van der Waals surface area contributed by atoms with E-state index in [9.17, 15) is 0 Å². The predicted molar refractivity (Wildman–Crippen MR) is 28.8 cm³/mol. The molecule has 0 atom stereocenters. The molecule has 1 aromatic rings. The van der Waals surface area contributed by atoms with Gasteiger partial charge >= 0.3 is 18.9 Å². The summed E-state index contributed by atoms with van der Waals surface area (Å²) < 4.78 is 0. The molecule has 0 aromatic carbocycles. The van der Waals surface area contributed by atoms with Gasteiger partial charge in [-0.15, -0.1) is 10.9 Å². The molecule has 32 valence electrons. The van der Waals surface area contributed by atoms with Crippen LogP contribution in [0, 0.1) is 6.92 Å². The van der Waals surface area contributed by atoms with Crippen molar-refractivity contribution >= 4 is 11.3 Å². The van der Waals surface area contributed by atoms with Crippen molar-refractivity contribution in [3.8, 4) is 0 Å². The van der Waals surface area contributed by atoms with Crippen LogP contribution in [-0.4, -0.2) is 0 Å². The van der Waals surface area contributed by atoms with E-state index in [1.54, 1.807) is 11.3 Å². The molecule has 0 fully saturated rings. The summed E-state index contributed by atoms with van der Waals surface area (Å²) >= 11 is 1.67. The maximum absolute atomic E-state index is 3.70. The van der Waals surface area contributed by atoms with E-state index in [0.717, 1.165) is 4.88 Å². The van der Waals surface area contributed by atoms with Crippen molar-refractivity contribution < 1.29 is 18.9 Å². The summed E-state index contributed by atoms with van der Waals surface area (Å²) in [5.74, 6) is 0. The fraction of sp³-hybridized carbons (Fsp3) is 0. The topological polar surface area (TPSA) is 0 Å². The average molecular weight is 104 g/mol. The fourth-order valence-corrected chi connectivity index (χ4v) is 0.802. The summed E-state index contributed by atoms with van der Waals surface area (Å²) in [7, 11) is 0. The minimum absolute atomic E-state index is 0. The Morgan fingerprint density at radius 3 is 2.43 bits per heavy atom. The molecule has 0 amide bonds. The molecule has 0 N–H and O–H groups in total. The van der Waals surface area contributed by atoms with E-state index < -0.39 is 0 Å². The van der Waals surface area contributed by atoms with Gasteiger partial charge in [-0.05, 0) is 5.38 Å². The van der Waals surface area contributed by atoms with Gasteiger partial charge in [0.05, 0.1) is 0 Å². The molecule has 0 nitrogen and oxygen atoms in total. The number of hydrogen-bond acceptors (Lipinski definition) is 1. The van der Waals surface area contributed by atoms with Gasteiger partial charge in [0.25, 0.3) is 0 Å². The first kappa shape index (κ1) is 7.17. The van der Waals surface area contributed by atoms with E-state index in [2.05, 4.69) is 6.92 Å². The molecule has 1 heterocycles. The van der Waals surface area contributed by atoms with Crippen molar-refractivity contribution in [3.05, 3.63) is 29.3 Å². The number of thiophene rings is 1. The number of hydrogen-bond donors (Lipinski definition) is 0. The third-order valence-electron chi connectivity index (χ3n) is 0.580. The van der Waals surface area contributed by atoms with Crippen LogP contribution in [0.5, 0.6) is 0 Å². The van der Waals surface area contributed by atoms with Crippen LogP contribution in [0.1, 0.15) is 4.88 Å². The van der Waals surface area contributed by atoms with Gasteiger partial charge in [-0.1, -0.05) is 0 Å². The van der Waals surface area contributed by atoms with Crippen molar-refractivity contribution in [1.82, 2.24) is 0 Å². The molecule has 0 saturated heterocycles. The minimum Gasteiger partial charge on any atom is -0.228 e. The molecule has 2 heteroatoms. The zero-order valence-electron chi connectivity index (χ0n) is 4.35. The van der Waals surface area contributed by atoms with Gasteiger partial charge in [0, 0.05) is 0 Å². The second-order valence-electron chi connectivity index (χ2n) is 1.08. The van der Waals surface area contributed by atoms with Gasteiger partial charge in [0.2, 0.25) is 0 Å². The van der Waals surface area contributed by atoms with E-state index in [1.807, 2.05) is 17.5 Å². The fourth-order valence-electron chi connectivity index (χ4n) is 0.313. The summed E-state index contributed by atoms with van der Waals surface area (Å²) in [5.41, 5.74) is 0. The summed E-state index contributed by atoms with van der Waals surface area (Å²) in [6, 6.07) is 3.98. The van der Waals surface area contributed by atoms with E-state index in [1.165, 1.54) is 0 Å². The normalized spacial score (nSPS) is 7.43. The zero-order chi connectivity index (χ0) is 4.41. The standard InChI is InChI=1S/C5H5S.Li/c1-5-3-2-4-6-5;/h2-4H,1H2;/q-1;+1. The first-order chi connectivity index (χ1) is 2.89. The Bertz CT molecular complexity index is 112. The smallest absolute Gasteiger partial charge is 0.228 e. The Morgan fingerprint density at radius 2 is 2.29 bits per heavy atom. The van der Waals surface area contributed by atoms with E-state index >= 15 is 0 Å². The second-order valence-corrected chi connectivity index (χ2v) is 2.11. The maximum atomic E-state index is 3.70. The molecule has 1 aromatic heterocycles. The molecule has 1 rings (SSSR count). The maximum Gasteiger partial charge on any atom is 1.00 e. The molecule has 0 unspecified atom stereocenters. The molecule has 0 aliphatic heterocycles. The van der Waals surface area contributed by atoms with Gasteiger partial charge in [-0.3, -0.25) is 0 Å². The average Bonchev–Trinajstić information content (AvgIpc) is 1.86. The Balaban J connectivity index is 0.000000360. The summed E-state index contributed by atoms with van der Waals surface area (Å²) in [6.07, 6.45) is 0. The third-order valence-corrected chi connectivity index (χ3v) is 1.31. The van der Waals surface area contributed by atoms with Crippen LogP contribution in [0.15, 0.2) is 17.5 Å². The van der Waals surface area contributed by atoms with Crippen LogP contribution in [-0.2, 0) is 0 Å². The monoisotopic (exact) mass is 104 g/mol. The van der Waals surface area contributed by atoms with Gasteiger partial charge in [0.1, 0.15) is 0 Å². The van der Waals surface area contributed by atoms with Crippen LogP contribution >= 0.6 is 11.3 Å². The SMILES string of the molecule is [CH2-]c1cccs1.[Li+]. The molecule has 0 saturated carbocycles. The molecule has 0 spiro atoms. The third kappa shape index (κ3) is 2.09. The summed E-state index contributed by atoms with van der Waals surface area (Å²) in [6.45, 7) is 3.70. The Hall–Kier alpha value is 0.167. The van der Waals surface area contributed by atoms with E-state index in [-0.39, 0.29) is 18.9 Å². The Labute approximate surface area is 59.7 Å². The summed E-state index contributed by atoms with van der Waals surface area (Å²) in [5, 5.41) is 2.02. The van der Waals surface area contributed by atoms with Crippen LogP contribution in [0.25, 0.3) is 0 Å². The van der Waals surface area contributed by atoms with Crippen molar-refractivity contribution in [2.24, 2.45) is 0 Å². The van der Waals surface area contributed by atoms with E-state index in [0.29, 0.717) is 0 Å². The van der Waals surface area contributed by atoms with Crippen molar-refractivity contribution in [2.45, 2.75) is 0 Å². The van der Waals surface area contributed by atoms with Gasteiger partial charge in [-0.2, -0.15) is 17.4 Å². The van der Waals surface area contributed by atoms with Crippen LogP contribution < -0.4 is 18.9 Å². The quantitative estimate of drug-likeness (QED) is 0.290. The van der Waals surface area contributed by atoms with Gasteiger partial charge < -0.3 is 0 Å². The largest absolute Gasteiger partial charge is 1.00 e. The van der Waals surface area contributed by atoms with Gasteiger partial charge in [0.15, 0.2) is 0 Å². The van der Waals surface area contributed by atoms with Crippen molar-refractivity contribution in [1.29, 1.82) is 0 Å². The van der Waals surface area contributed by atoms with Crippen LogP contribution in [0.2, 0.25) is 0 Å². The molecular weight excluding hydrogens is 99.1 g/mol. The molecular formula is C5H5LiS. The minimum atomic E-state index is 0. The molecule has 0 radical (unpaired) electrons. The van der Waals surface area contributed by atoms with Crippen LogP contribution in [0.3, 0.4) is 0 Å². The Morgan fingerprint density at radius 1 is 1.57 bits per heavy atom. The first-order valence-corrected chi connectivity index (χ1v) is 2.63. The predicted octanol–water partition coefficient (Wildman–Crippen LogP) is -1.07. The zero-order valence-corrected chi connectivity index (χ0v) is 5.16. The molecule has 0 bridgehead atoms. The van der Waals surface area contributed by atoms with Crippen LogP contribution in [0.4, 0.5) is 0 Å². The van der Waals surface area contributed by atoms with Gasteiger partial charge in [-0.25, -0.2) is 6.92 Å². The number of rotatable bonds is 0. The Kier molecular flexibility index (Phi) is 3.28.